The summed E-state index contributed by atoms with van der Waals surface area (Å²) in [7, 11) is 0. The van der Waals surface area contributed by atoms with Crippen LogP contribution in [-0.2, 0) is 4.74 Å². The highest BCUT2D eigenvalue weighted by Crippen LogP contribution is 2.30. The number of nitrogens with zero attached hydrogens (tertiary/aromatic N) is 3. The molecule has 2 fully saturated rings. The van der Waals surface area contributed by atoms with E-state index in [4.69, 9.17) is 9.72 Å². The molecule has 2 aliphatic heterocycles. The average Bonchev–Trinajstić information content (AvgIpc) is 2.69. The highest BCUT2D eigenvalue weighted by molar-refractivity contribution is 5.59. The van der Waals surface area contributed by atoms with Crippen molar-refractivity contribution in [2.75, 3.05) is 26.3 Å². The lowest BCUT2D eigenvalue weighted by Crippen LogP contribution is -2.44. The number of ether oxygens (including phenoxy) is 1. The summed E-state index contributed by atoms with van der Waals surface area (Å²) >= 11 is 0. The SMILES string of the molecule is Cc1cccc(-c2cncc([C@H]3CCCN(C4CCOCC4)C3)n2)c1. The summed E-state index contributed by atoms with van der Waals surface area (Å²) in [6.45, 7) is 6.26. The van der Waals surface area contributed by atoms with Gasteiger partial charge in [0.2, 0.25) is 0 Å². The molecule has 0 bridgehead atoms. The zero-order chi connectivity index (χ0) is 17.1. The fourth-order valence-corrected chi connectivity index (χ4v) is 4.15. The van der Waals surface area contributed by atoms with Gasteiger partial charge in [-0.25, -0.2) is 4.98 Å². The summed E-state index contributed by atoms with van der Waals surface area (Å²) in [6, 6.07) is 9.20. The zero-order valence-electron chi connectivity index (χ0n) is 15.0. The first-order valence-electron chi connectivity index (χ1n) is 9.50. The molecule has 25 heavy (non-hydrogen) atoms. The van der Waals surface area contributed by atoms with Crippen molar-refractivity contribution in [3.05, 3.63) is 47.9 Å². The number of hydrogen-bond acceptors (Lipinski definition) is 4. The predicted molar refractivity (Wildman–Crippen MR) is 99.6 cm³/mol. The van der Waals surface area contributed by atoms with E-state index in [1.165, 1.54) is 37.8 Å². The molecule has 0 N–H and O–H groups in total. The Bertz CT molecular complexity index is 712. The molecule has 2 aromatic rings. The van der Waals surface area contributed by atoms with Gasteiger partial charge in [0, 0.05) is 43.5 Å². The van der Waals surface area contributed by atoms with Gasteiger partial charge >= 0.3 is 0 Å². The molecule has 0 radical (unpaired) electrons. The van der Waals surface area contributed by atoms with Crippen LogP contribution in [0.4, 0.5) is 0 Å². The maximum absolute atomic E-state index is 5.53. The molecule has 132 valence electrons. The normalized spacial score (nSPS) is 22.8. The van der Waals surface area contributed by atoms with Crippen LogP contribution in [0.25, 0.3) is 11.3 Å². The fraction of sp³-hybridized carbons (Fsp3) is 0.524. The molecule has 3 heterocycles. The summed E-state index contributed by atoms with van der Waals surface area (Å²) in [5.74, 6) is 0.494. The first-order valence-corrected chi connectivity index (χ1v) is 9.50. The molecule has 0 saturated carbocycles. The van der Waals surface area contributed by atoms with Gasteiger partial charge in [0.25, 0.3) is 0 Å². The number of benzene rings is 1. The smallest absolute Gasteiger partial charge is 0.0888 e. The number of rotatable bonds is 3. The maximum Gasteiger partial charge on any atom is 0.0888 e. The first kappa shape index (κ1) is 16.7. The van der Waals surface area contributed by atoms with Gasteiger partial charge in [0.05, 0.1) is 17.6 Å². The Morgan fingerprint density at radius 2 is 2.00 bits per heavy atom. The lowest BCUT2D eigenvalue weighted by Gasteiger charge is -2.39. The van der Waals surface area contributed by atoms with Crippen LogP contribution in [0.15, 0.2) is 36.7 Å². The van der Waals surface area contributed by atoms with Crippen LogP contribution >= 0.6 is 0 Å². The monoisotopic (exact) mass is 337 g/mol. The highest BCUT2D eigenvalue weighted by atomic mass is 16.5. The van der Waals surface area contributed by atoms with Crippen LogP contribution in [0.5, 0.6) is 0 Å². The van der Waals surface area contributed by atoms with Gasteiger partial charge in [0.15, 0.2) is 0 Å². The van der Waals surface area contributed by atoms with Crippen LogP contribution in [0.3, 0.4) is 0 Å². The van der Waals surface area contributed by atoms with E-state index < -0.39 is 0 Å². The molecular weight excluding hydrogens is 310 g/mol. The van der Waals surface area contributed by atoms with Crippen LogP contribution in [0.1, 0.15) is 42.9 Å². The molecule has 0 unspecified atom stereocenters. The van der Waals surface area contributed by atoms with Crippen LogP contribution in [0, 0.1) is 6.92 Å². The van der Waals surface area contributed by atoms with Crippen molar-refractivity contribution in [2.45, 2.75) is 44.6 Å². The third-order valence-corrected chi connectivity index (χ3v) is 5.55. The van der Waals surface area contributed by atoms with Gasteiger partial charge < -0.3 is 4.74 Å². The maximum atomic E-state index is 5.53. The van der Waals surface area contributed by atoms with Gasteiger partial charge in [-0.2, -0.15) is 0 Å². The third kappa shape index (κ3) is 3.91. The first-order chi connectivity index (χ1) is 12.3. The molecule has 2 saturated heterocycles. The fourth-order valence-electron chi connectivity index (χ4n) is 4.15. The summed E-state index contributed by atoms with van der Waals surface area (Å²) in [6.07, 6.45) is 8.66. The Balaban J connectivity index is 1.52. The molecule has 4 nitrogen and oxygen atoms in total. The van der Waals surface area contributed by atoms with Crippen molar-refractivity contribution >= 4 is 0 Å². The standard InChI is InChI=1S/C21H27N3O/c1-16-4-2-5-17(12-16)20-13-22-14-21(23-20)18-6-3-9-24(15-18)19-7-10-25-11-8-19/h2,4-5,12-14,18-19H,3,6-11,15H2,1H3/t18-/m0/s1. The Morgan fingerprint density at radius 3 is 2.84 bits per heavy atom. The van der Waals surface area contributed by atoms with Gasteiger partial charge in [-0.05, 0) is 45.2 Å². The Hall–Kier alpha value is -1.78. The predicted octanol–water partition coefficient (Wildman–Crippen LogP) is 3.81. The van der Waals surface area contributed by atoms with E-state index >= 15 is 0 Å². The van der Waals surface area contributed by atoms with Gasteiger partial charge in [0.1, 0.15) is 0 Å². The van der Waals surface area contributed by atoms with E-state index in [9.17, 15) is 0 Å². The van der Waals surface area contributed by atoms with Crippen molar-refractivity contribution in [2.24, 2.45) is 0 Å². The molecule has 4 rings (SSSR count). The van der Waals surface area contributed by atoms with Crippen molar-refractivity contribution in [1.29, 1.82) is 0 Å². The van der Waals surface area contributed by atoms with E-state index in [-0.39, 0.29) is 0 Å². The highest BCUT2D eigenvalue weighted by Gasteiger charge is 2.28. The van der Waals surface area contributed by atoms with Gasteiger partial charge in [-0.15, -0.1) is 0 Å². The summed E-state index contributed by atoms with van der Waals surface area (Å²) in [5.41, 5.74) is 4.56. The second-order valence-corrected chi connectivity index (χ2v) is 7.38. The largest absolute Gasteiger partial charge is 0.381 e. The lowest BCUT2D eigenvalue weighted by atomic mass is 9.92. The molecule has 2 aliphatic rings. The van der Waals surface area contributed by atoms with Crippen molar-refractivity contribution in [3.63, 3.8) is 0 Å². The molecule has 1 aromatic carbocycles. The van der Waals surface area contributed by atoms with Crippen molar-refractivity contribution in [3.8, 4) is 11.3 Å². The molecule has 0 aliphatic carbocycles. The van der Waals surface area contributed by atoms with Crippen LogP contribution < -0.4 is 0 Å². The van der Waals surface area contributed by atoms with Gasteiger partial charge in [-0.1, -0.05) is 23.8 Å². The van der Waals surface area contributed by atoms with Crippen LogP contribution in [-0.4, -0.2) is 47.2 Å². The van der Waals surface area contributed by atoms with Gasteiger partial charge in [-0.3, -0.25) is 9.88 Å². The number of aromatic nitrogens is 2. The Kier molecular flexibility index (Phi) is 5.09. The third-order valence-electron chi connectivity index (χ3n) is 5.55. The number of aryl methyl sites for hydroxylation is 1. The summed E-state index contributed by atoms with van der Waals surface area (Å²) in [5, 5.41) is 0. The number of likely N-dealkylation sites (tertiary alicyclic amines) is 1. The zero-order valence-corrected chi connectivity index (χ0v) is 15.0. The van der Waals surface area contributed by atoms with E-state index in [0.29, 0.717) is 12.0 Å². The molecule has 0 amide bonds. The second-order valence-electron chi connectivity index (χ2n) is 7.38. The van der Waals surface area contributed by atoms with E-state index in [0.717, 1.165) is 36.7 Å². The number of piperidine rings is 1. The molecule has 1 aromatic heterocycles. The van der Waals surface area contributed by atoms with E-state index in [1.807, 2.05) is 12.4 Å². The average molecular weight is 337 g/mol. The Morgan fingerprint density at radius 1 is 1.12 bits per heavy atom. The summed E-state index contributed by atoms with van der Waals surface area (Å²) < 4.78 is 5.53. The summed E-state index contributed by atoms with van der Waals surface area (Å²) in [4.78, 5) is 12.1. The van der Waals surface area contributed by atoms with Crippen LogP contribution in [0.2, 0.25) is 0 Å². The Labute approximate surface area is 150 Å². The molecule has 0 spiro atoms. The quantitative estimate of drug-likeness (QED) is 0.854. The molecule has 1 atom stereocenters. The van der Waals surface area contributed by atoms with Crippen molar-refractivity contribution < 1.29 is 4.74 Å². The lowest BCUT2D eigenvalue weighted by molar-refractivity contribution is 0.0237. The number of hydrogen-bond donors (Lipinski definition) is 0. The molecule has 4 heteroatoms. The molecular formula is C21H27N3O. The van der Waals surface area contributed by atoms with E-state index in [1.54, 1.807) is 0 Å². The minimum Gasteiger partial charge on any atom is -0.381 e. The second kappa shape index (κ2) is 7.63. The minimum absolute atomic E-state index is 0.494. The topological polar surface area (TPSA) is 38.2 Å². The van der Waals surface area contributed by atoms with Crippen molar-refractivity contribution in [1.82, 2.24) is 14.9 Å². The minimum atomic E-state index is 0.494. The van der Waals surface area contributed by atoms with E-state index in [2.05, 4.69) is 41.1 Å².